The van der Waals surface area contributed by atoms with E-state index < -0.39 is 36.8 Å². The van der Waals surface area contributed by atoms with E-state index >= 15 is 4.79 Å². The number of amides is 2. The van der Waals surface area contributed by atoms with Crippen molar-refractivity contribution < 1.29 is 4.79 Å². The van der Waals surface area contributed by atoms with Crippen molar-refractivity contribution in [2.45, 2.75) is 223 Å². The second-order valence-electron chi connectivity index (χ2n) is 15.6. The summed E-state index contributed by atoms with van der Waals surface area (Å²) in [6, 6.07) is 0.408. The minimum atomic E-state index is -2.85. The Kier molecular flexibility index (Phi) is 27.9. The van der Waals surface area contributed by atoms with E-state index in [1.807, 2.05) is 0 Å². The van der Waals surface area contributed by atoms with Gasteiger partial charge in [-0.3, -0.25) is 0 Å². The van der Waals surface area contributed by atoms with Gasteiger partial charge in [0.1, 0.15) is 0 Å². The number of allylic oxidation sites excluding steroid dienone is 2. The molecule has 0 unspecified atom stereocenters. The van der Waals surface area contributed by atoms with Crippen molar-refractivity contribution in [2.75, 3.05) is 13.1 Å². The Hall–Kier alpha value is 0.347. The van der Waals surface area contributed by atoms with Crippen LogP contribution in [0.15, 0.2) is 19.6 Å². The fourth-order valence-electron chi connectivity index (χ4n) is 8.44. The average molecular weight is 885 g/mol. The summed E-state index contributed by atoms with van der Waals surface area (Å²) in [6.45, 7) is 20.9. The third-order valence-electron chi connectivity index (χ3n) is 11.5. The summed E-state index contributed by atoms with van der Waals surface area (Å²) >= 11 is -5.70. The molecule has 0 saturated carbocycles. The summed E-state index contributed by atoms with van der Waals surface area (Å²) in [4.78, 5) is 20.2. The molecule has 48 heavy (non-hydrogen) atoms. The number of nitrogens with zero attached hydrogens (tertiary/aromatic N) is 2. The van der Waals surface area contributed by atoms with E-state index in [1.165, 1.54) is 168 Å². The number of unbranched alkanes of at least 4 members (excludes halogenated alkanes) is 14. The Morgan fingerprint density at radius 3 is 0.958 bits per heavy atom. The van der Waals surface area contributed by atoms with Crippen LogP contribution >= 0.6 is 0 Å². The second kappa shape index (κ2) is 28.9. The summed E-state index contributed by atoms with van der Waals surface area (Å²) in [7, 11) is 0. The molecule has 282 valence electrons. The molecule has 0 spiro atoms. The van der Waals surface area contributed by atoms with Crippen LogP contribution in [0.3, 0.4) is 0 Å². The zero-order valence-electron chi connectivity index (χ0n) is 34.2. The maximum absolute atomic E-state index is 15.2. The van der Waals surface area contributed by atoms with Gasteiger partial charge >= 0.3 is 313 Å². The molecule has 1 rings (SSSR count). The number of urea groups is 1. The molecule has 1 heterocycles. The second-order valence-corrected chi connectivity index (χ2v) is 41.7. The minimum absolute atomic E-state index is 0.408. The van der Waals surface area contributed by atoms with Gasteiger partial charge in [0.15, 0.2) is 0 Å². The Balaban J connectivity index is 3.78. The molecule has 0 aromatic carbocycles. The number of rotatable bonds is 32. The van der Waals surface area contributed by atoms with E-state index in [0.29, 0.717) is 6.03 Å². The fraction of sp³-hybridized carbons (Fsp3) is 0.884. The van der Waals surface area contributed by atoms with Gasteiger partial charge in [0.25, 0.3) is 0 Å². The molecule has 0 aliphatic carbocycles. The molecule has 0 aromatic rings. The number of carbonyl (C=O) groups excluding carboxylic acids is 1. The molecule has 5 heteroatoms. The van der Waals surface area contributed by atoms with Crippen molar-refractivity contribution in [2.24, 2.45) is 0 Å². The Labute approximate surface area is 311 Å². The Bertz CT molecular complexity index is 757. The van der Waals surface area contributed by atoms with Crippen LogP contribution in [0.1, 0.15) is 197 Å². The Morgan fingerprint density at radius 2 is 0.708 bits per heavy atom. The van der Waals surface area contributed by atoms with Crippen molar-refractivity contribution in [3.8, 4) is 0 Å². The quantitative estimate of drug-likeness (QED) is 0.0488. The van der Waals surface area contributed by atoms with Crippen LogP contribution in [0.25, 0.3) is 0 Å². The predicted molar refractivity (Wildman–Crippen MR) is 222 cm³/mol. The molecule has 0 bridgehead atoms. The van der Waals surface area contributed by atoms with Crippen molar-refractivity contribution in [3.63, 3.8) is 0 Å². The molecule has 1 saturated heterocycles. The number of hydrogen-bond donors (Lipinski definition) is 0. The summed E-state index contributed by atoms with van der Waals surface area (Å²) in [5.41, 5.74) is 0. The summed E-state index contributed by atoms with van der Waals surface area (Å²) < 4.78 is 12.0. The van der Waals surface area contributed by atoms with Crippen LogP contribution < -0.4 is 0 Å². The van der Waals surface area contributed by atoms with Crippen molar-refractivity contribution >= 4 is 42.8 Å². The number of hydrogen-bond acceptors (Lipinski definition) is 1. The third kappa shape index (κ3) is 15.9. The maximum atomic E-state index is 15.2. The summed E-state index contributed by atoms with van der Waals surface area (Å²) in [6.07, 6.45) is 34.1. The Morgan fingerprint density at radius 1 is 0.438 bits per heavy atom. The predicted octanol–water partition coefficient (Wildman–Crippen LogP) is 15.2. The molecule has 0 radical (unpaired) electrons. The molecule has 1 fully saturated rings. The molecule has 1 aliphatic heterocycles. The van der Waals surface area contributed by atoms with Gasteiger partial charge in [-0.1, -0.05) is 0 Å². The molecule has 0 aromatic heterocycles. The first-order valence-corrected chi connectivity index (χ1v) is 36.9. The van der Waals surface area contributed by atoms with Gasteiger partial charge in [-0.25, -0.2) is 0 Å². The van der Waals surface area contributed by atoms with Crippen LogP contribution in [-0.2, 0) is 0 Å². The van der Waals surface area contributed by atoms with Gasteiger partial charge in [0.2, 0.25) is 0 Å². The van der Waals surface area contributed by atoms with Gasteiger partial charge in [-0.15, -0.1) is 0 Å². The van der Waals surface area contributed by atoms with Crippen LogP contribution in [-0.4, -0.2) is 65.7 Å². The van der Waals surface area contributed by atoms with E-state index in [1.54, 1.807) is 7.43 Å². The molecule has 0 N–H and O–H groups in total. The van der Waals surface area contributed by atoms with Crippen LogP contribution in [0.2, 0.25) is 26.6 Å². The molecular formula is C43H86N2OSn2. The summed E-state index contributed by atoms with van der Waals surface area (Å²) in [5.74, 6) is 0. The van der Waals surface area contributed by atoms with Crippen molar-refractivity contribution in [1.82, 2.24) is 9.80 Å². The van der Waals surface area contributed by atoms with Crippen LogP contribution in [0, 0.1) is 0 Å². The van der Waals surface area contributed by atoms with E-state index in [2.05, 4.69) is 77.3 Å². The zero-order chi connectivity index (χ0) is 35.5. The van der Waals surface area contributed by atoms with E-state index in [0.717, 1.165) is 13.1 Å². The summed E-state index contributed by atoms with van der Waals surface area (Å²) in [5, 5.41) is 0. The van der Waals surface area contributed by atoms with Crippen LogP contribution in [0.4, 0.5) is 4.79 Å². The van der Waals surface area contributed by atoms with Crippen molar-refractivity contribution in [3.05, 3.63) is 19.6 Å². The van der Waals surface area contributed by atoms with E-state index in [4.69, 9.17) is 0 Å². The topological polar surface area (TPSA) is 23.6 Å². The monoisotopic (exact) mass is 886 g/mol. The van der Waals surface area contributed by atoms with Gasteiger partial charge in [-0.2, -0.15) is 0 Å². The van der Waals surface area contributed by atoms with Gasteiger partial charge in [0.05, 0.1) is 0 Å². The standard InChI is InChI=1S/C19H32N2O.6C4H9.2Sn/c1-3-5-7-9-11-13-15-20-17-18-21(19(20)22)16-14-12-10-8-6-4-2;6*1-3-4-2;;/h13-14H,3-12,17-18H2,1-2H3;6*1,3-4H2,2H3;;. The van der Waals surface area contributed by atoms with Crippen molar-refractivity contribution in [1.29, 1.82) is 0 Å². The van der Waals surface area contributed by atoms with Gasteiger partial charge in [0, 0.05) is 0 Å². The molecule has 3 nitrogen and oxygen atoms in total. The number of carbonyl (C=O) groups is 1. The zero-order valence-corrected chi connectivity index (χ0v) is 39.9. The third-order valence-corrected chi connectivity index (χ3v) is 42.9. The van der Waals surface area contributed by atoms with E-state index in [-0.39, 0.29) is 0 Å². The first-order valence-electron chi connectivity index (χ1n) is 21.9. The molecule has 2 amide bonds. The van der Waals surface area contributed by atoms with E-state index in [9.17, 15) is 0 Å². The van der Waals surface area contributed by atoms with Gasteiger partial charge < -0.3 is 0 Å². The van der Waals surface area contributed by atoms with Crippen LogP contribution in [0.5, 0.6) is 0 Å². The SMILES string of the molecule is CCCCCC/C=[C](\N1CCN(/[C](=C\CCCCCC)[Sn]([CH2]CCC)([CH2]CCC)[CH2]CCC)C1=O)[Sn]([CH2]CCC)([CH2]CCC)[CH2]CCC. The normalized spacial score (nSPS) is 15.0. The molecule has 0 atom stereocenters. The van der Waals surface area contributed by atoms with Gasteiger partial charge in [-0.05, 0) is 0 Å². The molecule has 1 aliphatic rings. The first-order chi connectivity index (χ1) is 23.4. The average Bonchev–Trinajstić information content (AvgIpc) is 3.47. The first kappa shape index (κ1) is 46.4. The molecular weight excluding hydrogens is 798 g/mol. The fourth-order valence-corrected chi connectivity index (χ4v) is 42.5.